The van der Waals surface area contributed by atoms with Crippen LogP contribution in [0.4, 0.5) is 26.3 Å². The average Bonchev–Trinajstić information content (AvgIpc) is 2.77. The van der Waals surface area contributed by atoms with Gasteiger partial charge in [0.15, 0.2) is 17.5 Å². The van der Waals surface area contributed by atoms with E-state index in [0.717, 1.165) is 43.4 Å². The van der Waals surface area contributed by atoms with E-state index >= 15 is 4.39 Å². The van der Waals surface area contributed by atoms with Gasteiger partial charge in [-0.05, 0) is 42.5 Å². The van der Waals surface area contributed by atoms with Crippen molar-refractivity contribution in [3.05, 3.63) is 82.4 Å². The first-order valence-corrected chi connectivity index (χ1v) is 10.9. The maximum atomic E-state index is 15.2. The zero-order valence-corrected chi connectivity index (χ0v) is 18.7. The zero-order valence-electron chi connectivity index (χ0n) is 18.7. The van der Waals surface area contributed by atoms with Gasteiger partial charge in [-0.2, -0.15) is 8.78 Å². The number of benzene rings is 3. The average molecular weight is 482 g/mol. The molecule has 0 atom stereocenters. The Hall–Kier alpha value is -3.16. The molecular formula is C26H24F6O2. The first-order valence-electron chi connectivity index (χ1n) is 10.9. The van der Waals surface area contributed by atoms with Crippen molar-refractivity contribution >= 4 is 0 Å². The molecule has 0 radical (unpaired) electrons. The molecule has 0 aliphatic rings. The van der Waals surface area contributed by atoms with Crippen LogP contribution in [0, 0.1) is 23.3 Å². The Morgan fingerprint density at radius 3 is 2.15 bits per heavy atom. The molecule has 3 aromatic rings. The topological polar surface area (TPSA) is 29.5 Å². The molecule has 8 heteroatoms. The van der Waals surface area contributed by atoms with Crippen LogP contribution >= 0.6 is 0 Å². The fourth-order valence-electron chi connectivity index (χ4n) is 3.69. The molecule has 0 bridgehead atoms. The highest BCUT2D eigenvalue weighted by Crippen LogP contribution is 2.43. The van der Waals surface area contributed by atoms with Gasteiger partial charge in [-0.15, -0.1) is 0 Å². The summed E-state index contributed by atoms with van der Waals surface area (Å²) in [5, 5.41) is 10.0. The third-order valence-corrected chi connectivity index (χ3v) is 5.54. The summed E-state index contributed by atoms with van der Waals surface area (Å²) in [4.78, 5) is 0. The van der Waals surface area contributed by atoms with Gasteiger partial charge >= 0.3 is 6.11 Å². The number of halogens is 6. The number of aryl methyl sites for hydroxylation is 2. The first-order chi connectivity index (χ1) is 16.1. The van der Waals surface area contributed by atoms with Gasteiger partial charge in [0.1, 0.15) is 22.9 Å². The normalized spacial score (nSPS) is 11.6. The van der Waals surface area contributed by atoms with E-state index in [1.54, 1.807) is 19.1 Å². The number of ether oxygens (including phenoxy) is 1. The van der Waals surface area contributed by atoms with E-state index < -0.39 is 51.8 Å². The summed E-state index contributed by atoms with van der Waals surface area (Å²) in [6.45, 7) is 3.61. The Kier molecular flexibility index (Phi) is 7.79. The van der Waals surface area contributed by atoms with Crippen molar-refractivity contribution in [1.82, 2.24) is 0 Å². The number of hydrogen-bond donors (Lipinski definition) is 1. The predicted octanol–water partition coefficient (Wildman–Crippen LogP) is 8.04. The lowest BCUT2D eigenvalue weighted by molar-refractivity contribution is -0.189. The molecule has 0 aliphatic heterocycles. The van der Waals surface area contributed by atoms with Gasteiger partial charge < -0.3 is 9.84 Å². The summed E-state index contributed by atoms with van der Waals surface area (Å²) in [5.74, 6) is -8.12. The van der Waals surface area contributed by atoms with Crippen molar-refractivity contribution in [2.45, 2.75) is 52.1 Å². The molecule has 2 nitrogen and oxygen atoms in total. The predicted molar refractivity (Wildman–Crippen MR) is 117 cm³/mol. The minimum absolute atomic E-state index is 0.0321. The maximum Gasteiger partial charge on any atom is 0.432 e. The van der Waals surface area contributed by atoms with E-state index in [-0.39, 0.29) is 23.8 Å². The van der Waals surface area contributed by atoms with Crippen molar-refractivity contribution in [1.29, 1.82) is 0 Å². The maximum absolute atomic E-state index is 15.2. The van der Waals surface area contributed by atoms with E-state index in [1.165, 1.54) is 12.1 Å². The highest BCUT2D eigenvalue weighted by Gasteiger charge is 2.43. The molecule has 0 spiro atoms. The SMILES string of the molecule is CCCCCc1ccc(OC(F)(F)c2c(F)cc(O)c(-c3ccc(CC)c(F)c3F)c2F)cc1. The van der Waals surface area contributed by atoms with Crippen LogP contribution in [0.2, 0.25) is 0 Å². The number of hydrogen-bond acceptors (Lipinski definition) is 2. The van der Waals surface area contributed by atoms with Crippen molar-refractivity contribution in [3.63, 3.8) is 0 Å². The van der Waals surface area contributed by atoms with Crippen LogP contribution in [0.5, 0.6) is 11.5 Å². The lowest BCUT2D eigenvalue weighted by atomic mass is 9.97. The lowest BCUT2D eigenvalue weighted by Gasteiger charge is -2.21. The number of alkyl halides is 2. The van der Waals surface area contributed by atoms with Crippen molar-refractivity contribution in [2.75, 3.05) is 0 Å². The highest BCUT2D eigenvalue weighted by molar-refractivity contribution is 5.73. The molecule has 3 rings (SSSR count). The summed E-state index contributed by atoms with van der Waals surface area (Å²) in [5.41, 5.74) is -2.88. The summed E-state index contributed by atoms with van der Waals surface area (Å²) in [7, 11) is 0. The number of aromatic hydroxyl groups is 1. The molecule has 34 heavy (non-hydrogen) atoms. The fourth-order valence-corrected chi connectivity index (χ4v) is 3.69. The van der Waals surface area contributed by atoms with Crippen molar-refractivity contribution in [2.24, 2.45) is 0 Å². The number of rotatable bonds is 9. The second kappa shape index (κ2) is 10.4. The van der Waals surface area contributed by atoms with Gasteiger partial charge in [-0.3, -0.25) is 0 Å². The Morgan fingerprint density at radius 1 is 0.853 bits per heavy atom. The first kappa shape index (κ1) is 25.5. The Balaban J connectivity index is 1.99. The van der Waals surface area contributed by atoms with Crippen LogP contribution in [0.3, 0.4) is 0 Å². The molecule has 0 saturated carbocycles. The standard InChI is InChI=1S/C26H24F6O2/c1-3-5-6-7-15-8-11-17(12-9-15)34-26(31,32)22-19(27)14-20(33)21(25(22)30)18-13-10-16(4-2)23(28)24(18)29/h8-14,33H,3-7H2,1-2H3. The highest BCUT2D eigenvalue weighted by atomic mass is 19.3. The summed E-state index contributed by atoms with van der Waals surface area (Å²) >= 11 is 0. The Morgan fingerprint density at radius 2 is 1.53 bits per heavy atom. The summed E-state index contributed by atoms with van der Waals surface area (Å²) in [6, 6.07) is 7.94. The Labute approximate surface area is 193 Å². The van der Waals surface area contributed by atoms with Crippen LogP contribution in [0.15, 0.2) is 42.5 Å². The molecule has 1 N–H and O–H groups in total. The third kappa shape index (κ3) is 5.16. The Bertz CT molecular complexity index is 1160. The molecular weight excluding hydrogens is 458 g/mol. The second-order valence-corrected chi connectivity index (χ2v) is 7.92. The quantitative estimate of drug-likeness (QED) is 0.247. The third-order valence-electron chi connectivity index (χ3n) is 5.54. The summed E-state index contributed by atoms with van der Waals surface area (Å²) in [6.07, 6.45) is -0.680. The molecule has 0 fully saturated rings. The monoisotopic (exact) mass is 482 g/mol. The molecule has 0 unspecified atom stereocenters. The van der Waals surface area contributed by atoms with Gasteiger partial charge in [-0.1, -0.05) is 51.0 Å². The lowest BCUT2D eigenvalue weighted by Crippen LogP contribution is -2.25. The van der Waals surface area contributed by atoms with Crippen LogP contribution in [-0.2, 0) is 19.0 Å². The second-order valence-electron chi connectivity index (χ2n) is 7.92. The molecule has 0 aliphatic carbocycles. The van der Waals surface area contributed by atoms with Crippen molar-refractivity contribution in [3.8, 4) is 22.6 Å². The molecule has 182 valence electrons. The van der Waals surface area contributed by atoms with E-state index in [4.69, 9.17) is 0 Å². The van der Waals surface area contributed by atoms with Crippen molar-refractivity contribution < 1.29 is 36.2 Å². The van der Waals surface area contributed by atoms with Gasteiger partial charge in [0.05, 0.1) is 5.56 Å². The number of phenols is 1. The van der Waals surface area contributed by atoms with Crippen LogP contribution in [0.25, 0.3) is 11.1 Å². The molecule has 0 heterocycles. The largest absolute Gasteiger partial charge is 0.507 e. The van der Waals surface area contributed by atoms with Gasteiger partial charge in [0, 0.05) is 11.6 Å². The summed E-state index contributed by atoms with van der Waals surface area (Å²) < 4.78 is 92.7. The zero-order chi connectivity index (χ0) is 25.0. The van der Waals surface area contributed by atoms with Gasteiger partial charge in [0.25, 0.3) is 0 Å². The van der Waals surface area contributed by atoms with Crippen LogP contribution in [0.1, 0.15) is 49.8 Å². The van der Waals surface area contributed by atoms with Gasteiger partial charge in [-0.25, -0.2) is 17.6 Å². The van der Waals surface area contributed by atoms with Gasteiger partial charge in [0.2, 0.25) is 0 Å². The smallest absolute Gasteiger partial charge is 0.432 e. The van der Waals surface area contributed by atoms with E-state index in [0.29, 0.717) is 0 Å². The fraction of sp³-hybridized carbons (Fsp3) is 0.308. The molecule has 0 aromatic heterocycles. The van der Waals surface area contributed by atoms with E-state index in [9.17, 15) is 27.1 Å². The molecule has 3 aromatic carbocycles. The van der Waals surface area contributed by atoms with E-state index in [2.05, 4.69) is 11.7 Å². The van der Waals surface area contributed by atoms with Crippen LogP contribution < -0.4 is 4.74 Å². The molecule has 0 amide bonds. The number of unbranched alkanes of at least 4 members (excludes halogenated alkanes) is 2. The minimum atomic E-state index is -4.52. The van der Waals surface area contributed by atoms with Crippen LogP contribution in [-0.4, -0.2) is 5.11 Å². The van der Waals surface area contributed by atoms with E-state index in [1.807, 2.05) is 0 Å². The molecule has 0 saturated heterocycles. The number of phenolic OH excluding ortho intramolecular Hbond substituents is 1. The minimum Gasteiger partial charge on any atom is -0.507 e.